The fourth-order valence-corrected chi connectivity index (χ4v) is 2.37. The molecule has 146 valence electrons. The Morgan fingerprint density at radius 2 is 1.92 bits per heavy atom. The van der Waals surface area contributed by atoms with Gasteiger partial charge in [0.05, 0.1) is 26.4 Å². The lowest BCUT2D eigenvalue weighted by Crippen LogP contribution is -2.42. The molecule has 0 amide bonds. The molecule has 1 aromatic rings. The van der Waals surface area contributed by atoms with Gasteiger partial charge in [-0.3, -0.25) is 0 Å². The molecule has 7 nitrogen and oxygen atoms in total. The van der Waals surface area contributed by atoms with E-state index in [1.807, 2.05) is 37.3 Å². The number of hydrogen-bond donors (Lipinski definition) is 1. The van der Waals surface area contributed by atoms with Gasteiger partial charge in [-0.05, 0) is 18.6 Å². The van der Waals surface area contributed by atoms with Crippen LogP contribution in [0.5, 0.6) is 0 Å². The van der Waals surface area contributed by atoms with Crippen LogP contribution in [0.15, 0.2) is 42.2 Å². The quantitative estimate of drug-likeness (QED) is 0.446. The van der Waals surface area contributed by atoms with Gasteiger partial charge in [0.25, 0.3) is 0 Å². The summed E-state index contributed by atoms with van der Waals surface area (Å²) in [5.74, 6) is 0.399. The zero-order valence-electron chi connectivity index (χ0n) is 15.3. The highest BCUT2D eigenvalue weighted by Gasteiger charge is 2.32. The molecule has 1 heterocycles. The molecule has 1 aliphatic heterocycles. The zero-order chi connectivity index (χ0) is 18.6. The number of aliphatic hydroxyl groups is 1. The Morgan fingerprint density at radius 1 is 1.12 bits per heavy atom. The Kier molecular flexibility index (Phi) is 9.62. The van der Waals surface area contributed by atoms with Crippen molar-refractivity contribution in [2.45, 2.75) is 32.0 Å². The predicted octanol–water partition coefficient (Wildman–Crippen LogP) is 1.85. The van der Waals surface area contributed by atoms with Crippen LogP contribution in [-0.2, 0) is 35.0 Å². The van der Waals surface area contributed by atoms with E-state index in [9.17, 15) is 5.11 Å². The molecule has 0 saturated carbocycles. The molecule has 1 N–H and O–H groups in total. The topological polar surface area (TPSA) is 75.6 Å². The molecule has 0 bridgehead atoms. The molecule has 2 rings (SSSR count). The molecule has 26 heavy (non-hydrogen) atoms. The summed E-state index contributed by atoms with van der Waals surface area (Å²) in [5, 5.41) is 10.3. The van der Waals surface area contributed by atoms with Crippen molar-refractivity contribution in [3.05, 3.63) is 47.7 Å². The van der Waals surface area contributed by atoms with E-state index < -0.39 is 18.5 Å². The highest BCUT2D eigenvalue weighted by molar-refractivity contribution is 5.13. The number of benzene rings is 1. The maximum atomic E-state index is 10.3. The summed E-state index contributed by atoms with van der Waals surface area (Å²) in [5.41, 5.74) is 1.06. The van der Waals surface area contributed by atoms with E-state index in [4.69, 9.17) is 28.4 Å². The first-order valence-electron chi connectivity index (χ1n) is 8.72. The molecule has 0 spiro atoms. The first-order valence-corrected chi connectivity index (χ1v) is 8.72. The van der Waals surface area contributed by atoms with Crippen molar-refractivity contribution in [1.29, 1.82) is 0 Å². The SMILES string of the molecule is CCO[C@@H]1O[C@H](COCc2ccccc2)[C@H](O)C=C1OCOCCOC. The van der Waals surface area contributed by atoms with Gasteiger partial charge in [-0.15, -0.1) is 0 Å². The summed E-state index contributed by atoms with van der Waals surface area (Å²) < 4.78 is 32.7. The molecule has 0 radical (unpaired) electrons. The van der Waals surface area contributed by atoms with Crippen LogP contribution in [0.1, 0.15) is 12.5 Å². The second-order valence-corrected chi connectivity index (χ2v) is 5.69. The molecule has 0 aliphatic carbocycles. The maximum Gasteiger partial charge on any atom is 0.216 e. The minimum absolute atomic E-state index is 0.0318. The van der Waals surface area contributed by atoms with Gasteiger partial charge in [0, 0.05) is 13.7 Å². The standard InChI is InChI=1S/C19H28O7/c1-3-24-19-17(25-14-22-10-9-21-2)11-16(20)18(26-19)13-23-12-15-7-5-4-6-8-15/h4-8,11,16,18-20H,3,9-10,12-14H2,1-2H3/t16-,18-,19-/m1/s1. The van der Waals surface area contributed by atoms with Crippen molar-refractivity contribution in [2.24, 2.45) is 0 Å². The summed E-state index contributed by atoms with van der Waals surface area (Å²) in [7, 11) is 1.60. The largest absolute Gasteiger partial charge is 0.467 e. The van der Waals surface area contributed by atoms with E-state index >= 15 is 0 Å². The van der Waals surface area contributed by atoms with Gasteiger partial charge in [0.2, 0.25) is 6.29 Å². The number of rotatable bonds is 12. The predicted molar refractivity (Wildman–Crippen MR) is 94.3 cm³/mol. The third-order valence-electron chi connectivity index (χ3n) is 3.70. The molecule has 1 aromatic carbocycles. The molecule has 0 unspecified atom stereocenters. The van der Waals surface area contributed by atoms with Crippen LogP contribution >= 0.6 is 0 Å². The van der Waals surface area contributed by atoms with Crippen molar-refractivity contribution in [1.82, 2.24) is 0 Å². The Balaban J connectivity index is 1.82. The second kappa shape index (κ2) is 12.0. The van der Waals surface area contributed by atoms with Gasteiger partial charge in [0.1, 0.15) is 12.2 Å². The summed E-state index contributed by atoms with van der Waals surface area (Å²) in [6.45, 7) is 3.94. The lowest BCUT2D eigenvalue weighted by Gasteiger charge is -2.32. The minimum atomic E-state index is -0.851. The number of aliphatic hydroxyl groups excluding tert-OH is 1. The Bertz CT molecular complexity index is 520. The zero-order valence-corrected chi connectivity index (χ0v) is 15.3. The van der Waals surface area contributed by atoms with Crippen molar-refractivity contribution >= 4 is 0 Å². The molecule has 1 aliphatic rings. The Morgan fingerprint density at radius 3 is 2.65 bits per heavy atom. The minimum Gasteiger partial charge on any atom is -0.467 e. The van der Waals surface area contributed by atoms with E-state index in [1.54, 1.807) is 13.2 Å². The van der Waals surface area contributed by atoms with Crippen molar-refractivity contribution in [3.8, 4) is 0 Å². The van der Waals surface area contributed by atoms with Crippen LogP contribution < -0.4 is 0 Å². The highest BCUT2D eigenvalue weighted by Crippen LogP contribution is 2.22. The van der Waals surface area contributed by atoms with Crippen molar-refractivity contribution in [2.75, 3.05) is 40.3 Å². The highest BCUT2D eigenvalue weighted by atomic mass is 16.7. The fourth-order valence-electron chi connectivity index (χ4n) is 2.37. The average Bonchev–Trinajstić information content (AvgIpc) is 2.65. The average molecular weight is 368 g/mol. The van der Waals surface area contributed by atoms with Crippen molar-refractivity contribution in [3.63, 3.8) is 0 Å². The van der Waals surface area contributed by atoms with Crippen LogP contribution in [0.25, 0.3) is 0 Å². The van der Waals surface area contributed by atoms with Gasteiger partial charge in [0.15, 0.2) is 12.6 Å². The van der Waals surface area contributed by atoms with Gasteiger partial charge < -0.3 is 33.5 Å². The lowest BCUT2D eigenvalue weighted by molar-refractivity contribution is -0.214. The molecule has 7 heteroatoms. The van der Waals surface area contributed by atoms with E-state index in [2.05, 4.69) is 0 Å². The van der Waals surface area contributed by atoms with Crippen molar-refractivity contribution < 1.29 is 33.5 Å². The monoisotopic (exact) mass is 368 g/mol. The molecule has 0 aromatic heterocycles. The lowest BCUT2D eigenvalue weighted by atomic mass is 10.1. The number of hydrogen-bond acceptors (Lipinski definition) is 7. The smallest absolute Gasteiger partial charge is 0.216 e. The van der Waals surface area contributed by atoms with E-state index in [0.29, 0.717) is 32.2 Å². The Hall–Kier alpha value is -1.48. The van der Waals surface area contributed by atoms with E-state index in [1.165, 1.54) is 0 Å². The third-order valence-corrected chi connectivity index (χ3v) is 3.70. The van der Waals surface area contributed by atoms with Crippen LogP contribution in [0, 0.1) is 0 Å². The summed E-state index contributed by atoms with van der Waals surface area (Å²) in [6.07, 6.45) is -0.492. The molecule has 3 atom stereocenters. The van der Waals surface area contributed by atoms with Gasteiger partial charge in [-0.1, -0.05) is 30.3 Å². The first-order chi connectivity index (χ1) is 12.7. The van der Waals surface area contributed by atoms with E-state index in [-0.39, 0.29) is 13.4 Å². The van der Waals surface area contributed by atoms with Crippen LogP contribution in [0.2, 0.25) is 0 Å². The molecular weight excluding hydrogens is 340 g/mol. The van der Waals surface area contributed by atoms with Crippen LogP contribution in [0.4, 0.5) is 0 Å². The maximum absolute atomic E-state index is 10.3. The molecule has 0 saturated heterocycles. The summed E-state index contributed by atoms with van der Waals surface area (Å²) >= 11 is 0. The normalized spacial score (nSPS) is 22.9. The van der Waals surface area contributed by atoms with E-state index in [0.717, 1.165) is 5.56 Å². The number of methoxy groups -OCH3 is 1. The van der Waals surface area contributed by atoms with Gasteiger partial charge in [-0.25, -0.2) is 0 Å². The van der Waals surface area contributed by atoms with Gasteiger partial charge in [-0.2, -0.15) is 0 Å². The second-order valence-electron chi connectivity index (χ2n) is 5.69. The van der Waals surface area contributed by atoms with Crippen LogP contribution in [0.3, 0.4) is 0 Å². The van der Waals surface area contributed by atoms with Crippen LogP contribution in [-0.4, -0.2) is 63.9 Å². The Labute approximate surface area is 154 Å². The third kappa shape index (κ3) is 7.03. The summed E-state index contributed by atoms with van der Waals surface area (Å²) in [4.78, 5) is 0. The molecular formula is C19H28O7. The fraction of sp³-hybridized carbons (Fsp3) is 0.579. The first kappa shape index (κ1) is 20.8. The summed E-state index contributed by atoms with van der Waals surface area (Å²) in [6, 6.07) is 9.83. The number of ether oxygens (including phenoxy) is 6. The molecule has 0 fully saturated rings. The van der Waals surface area contributed by atoms with Gasteiger partial charge >= 0.3 is 0 Å².